The van der Waals surface area contributed by atoms with Crippen molar-refractivity contribution in [3.05, 3.63) is 28.7 Å². The number of ether oxygens (including phenoxy) is 1. The number of rotatable bonds is 7. The number of hydrogen-bond acceptors (Lipinski definition) is 3. The summed E-state index contributed by atoms with van der Waals surface area (Å²) in [7, 11) is 0. The zero-order valence-electron chi connectivity index (χ0n) is 9.49. The molecule has 0 amide bonds. The molecule has 1 rings (SSSR count). The minimum atomic E-state index is 0.317. The van der Waals surface area contributed by atoms with E-state index in [2.05, 4.69) is 22.9 Å². The second-order valence-electron chi connectivity index (χ2n) is 3.55. The Hall–Kier alpha value is -0.190. The van der Waals surface area contributed by atoms with Crippen molar-refractivity contribution in [2.75, 3.05) is 18.1 Å². The first kappa shape index (κ1) is 13.9. The van der Waals surface area contributed by atoms with E-state index in [9.17, 15) is 0 Å². The summed E-state index contributed by atoms with van der Waals surface area (Å²) < 4.78 is 6.67. The van der Waals surface area contributed by atoms with E-state index in [4.69, 9.17) is 10.5 Å². The lowest BCUT2D eigenvalue weighted by Crippen LogP contribution is -2.21. The van der Waals surface area contributed by atoms with Crippen LogP contribution >= 0.6 is 27.7 Å². The van der Waals surface area contributed by atoms with Crippen molar-refractivity contribution in [1.29, 1.82) is 0 Å². The van der Waals surface area contributed by atoms with Gasteiger partial charge < -0.3 is 10.5 Å². The van der Waals surface area contributed by atoms with E-state index in [1.807, 2.05) is 36.0 Å². The van der Waals surface area contributed by atoms with Crippen LogP contribution in [0.15, 0.2) is 28.7 Å². The van der Waals surface area contributed by atoms with Gasteiger partial charge in [-0.2, -0.15) is 11.8 Å². The first-order valence-electron chi connectivity index (χ1n) is 5.44. The van der Waals surface area contributed by atoms with Crippen LogP contribution in [-0.4, -0.2) is 24.2 Å². The summed E-state index contributed by atoms with van der Waals surface area (Å²) in [5.41, 5.74) is 5.82. The summed E-state index contributed by atoms with van der Waals surface area (Å²) in [6.07, 6.45) is 1.04. The standard InChI is InChI=1S/C12H18BrNOS/c1-2-11(14)9-16-8-7-15-12-5-3-10(13)4-6-12/h3-6,11H,2,7-9,14H2,1H3. The predicted octanol–water partition coefficient (Wildman–Crippen LogP) is 3.30. The van der Waals surface area contributed by atoms with Gasteiger partial charge in [0.05, 0.1) is 6.61 Å². The van der Waals surface area contributed by atoms with E-state index >= 15 is 0 Å². The van der Waals surface area contributed by atoms with Gasteiger partial charge in [0.2, 0.25) is 0 Å². The molecule has 1 atom stereocenters. The first-order valence-corrected chi connectivity index (χ1v) is 7.39. The van der Waals surface area contributed by atoms with Crippen LogP contribution in [0.4, 0.5) is 0 Å². The van der Waals surface area contributed by atoms with E-state index in [1.165, 1.54) is 0 Å². The molecule has 16 heavy (non-hydrogen) atoms. The van der Waals surface area contributed by atoms with E-state index in [-0.39, 0.29) is 0 Å². The topological polar surface area (TPSA) is 35.2 Å². The lowest BCUT2D eigenvalue weighted by atomic mass is 10.3. The molecule has 0 aliphatic carbocycles. The number of thioether (sulfide) groups is 1. The largest absolute Gasteiger partial charge is 0.493 e. The van der Waals surface area contributed by atoms with Gasteiger partial charge in [-0.1, -0.05) is 22.9 Å². The Balaban J connectivity index is 2.09. The van der Waals surface area contributed by atoms with Crippen LogP contribution in [0, 0.1) is 0 Å². The van der Waals surface area contributed by atoms with Crippen molar-refractivity contribution in [3.8, 4) is 5.75 Å². The second kappa shape index (κ2) is 7.98. The highest BCUT2D eigenvalue weighted by molar-refractivity contribution is 9.10. The molecule has 0 aliphatic rings. The summed E-state index contributed by atoms with van der Waals surface area (Å²) in [6.45, 7) is 2.85. The van der Waals surface area contributed by atoms with E-state index in [1.54, 1.807) is 0 Å². The van der Waals surface area contributed by atoms with E-state index in [0.717, 1.165) is 34.8 Å². The fraction of sp³-hybridized carbons (Fsp3) is 0.500. The summed E-state index contributed by atoms with van der Waals surface area (Å²) in [4.78, 5) is 0. The average Bonchev–Trinajstić information content (AvgIpc) is 2.31. The lowest BCUT2D eigenvalue weighted by Gasteiger charge is -2.09. The molecule has 4 heteroatoms. The maximum absolute atomic E-state index is 5.82. The molecule has 1 aromatic carbocycles. The molecule has 0 heterocycles. The van der Waals surface area contributed by atoms with Gasteiger partial charge >= 0.3 is 0 Å². The molecule has 0 radical (unpaired) electrons. The van der Waals surface area contributed by atoms with Crippen LogP contribution in [0.25, 0.3) is 0 Å². The number of benzene rings is 1. The quantitative estimate of drug-likeness (QED) is 0.785. The van der Waals surface area contributed by atoms with Gasteiger partial charge in [-0.15, -0.1) is 0 Å². The number of nitrogens with two attached hydrogens (primary N) is 1. The Morgan fingerprint density at radius 2 is 2.06 bits per heavy atom. The molecule has 0 saturated heterocycles. The molecule has 0 fully saturated rings. The van der Waals surface area contributed by atoms with Gasteiger partial charge in [-0.3, -0.25) is 0 Å². The van der Waals surface area contributed by atoms with Gasteiger partial charge in [-0.05, 0) is 30.7 Å². The molecule has 0 aliphatic heterocycles. The fourth-order valence-corrected chi connectivity index (χ4v) is 2.27. The number of hydrogen-bond donors (Lipinski definition) is 1. The fourth-order valence-electron chi connectivity index (χ4n) is 1.10. The van der Waals surface area contributed by atoms with Crippen molar-refractivity contribution in [1.82, 2.24) is 0 Å². The molecule has 0 saturated carbocycles. The van der Waals surface area contributed by atoms with Crippen LogP contribution in [0.5, 0.6) is 5.75 Å². The van der Waals surface area contributed by atoms with Crippen molar-refractivity contribution in [2.45, 2.75) is 19.4 Å². The van der Waals surface area contributed by atoms with Gasteiger partial charge in [0.1, 0.15) is 5.75 Å². The smallest absolute Gasteiger partial charge is 0.119 e. The van der Waals surface area contributed by atoms with Gasteiger partial charge in [-0.25, -0.2) is 0 Å². The van der Waals surface area contributed by atoms with Gasteiger partial charge in [0.15, 0.2) is 0 Å². The Morgan fingerprint density at radius 1 is 1.38 bits per heavy atom. The first-order chi connectivity index (χ1) is 7.72. The van der Waals surface area contributed by atoms with Crippen LogP contribution in [0.2, 0.25) is 0 Å². The third-order valence-corrected chi connectivity index (χ3v) is 3.81. The molecule has 1 aromatic rings. The minimum absolute atomic E-state index is 0.317. The molecule has 2 N–H and O–H groups in total. The minimum Gasteiger partial charge on any atom is -0.493 e. The van der Waals surface area contributed by atoms with E-state index < -0.39 is 0 Å². The highest BCUT2D eigenvalue weighted by atomic mass is 79.9. The van der Waals surface area contributed by atoms with Crippen LogP contribution < -0.4 is 10.5 Å². The summed E-state index contributed by atoms with van der Waals surface area (Å²) in [5, 5.41) is 0. The third-order valence-electron chi connectivity index (χ3n) is 2.17. The molecule has 0 spiro atoms. The van der Waals surface area contributed by atoms with Gasteiger partial charge in [0, 0.05) is 22.0 Å². The van der Waals surface area contributed by atoms with Crippen molar-refractivity contribution >= 4 is 27.7 Å². The van der Waals surface area contributed by atoms with E-state index in [0.29, 0.717) is 6.04 Å². The monoisotopic (exact) mass is 303 g/mol. The Bertz CT molecular complexity index is 292. The maximum atomic E-state index is 5.82. The average molecular weight is 304 g/mol. The zero-order valence-corrected chi connectivity index (χ0v) is 11.9. The Labute approximate surface area is 110 Å². The Kier molecular flexibility index (Phi) is 6.92. The third kappa shape index (κ3) is 5.77. The molecule has 2 nitrogen and oxygen atoms in total. The molecule has 0 aromatic heterocycles. The maximum Gasteiger partial charge on any atom is 0.119 e. The highest BCUT2D eigenvalue weighted by Crippen LogP contribution is 2.16. The molecular formula is C12H18BrNOS. The van der Waals surface area contributed by atoms with Crippen LogP contribution in [0.1, 0.15) is 13.3 Å². The molecule has 1 unspecified atom stereocenters. The predicted molar refractivity (Wildman–Crippen MR) is 75.2 cm³/mol. The second-order valence-corrected chi connectivity index (χ2v) is 5.61. The SMILES string of the molecule is CCC(N)CSCCOc1ccc(Br)cc1. The van der Waals surface area contributed by atoms with Crippen molar-refractivity contribution < 1.29 is 4.74 Å². The highest BCUT2D eigenvalue weighted by Gasteiger charge is 1.99. The Morgan fingerprint density at radius 3 is 2.69 bits per heavy atom. The molecular weight excluding hydrogens is 286 g/mol. The number of halogens is 1. The summed E-state index contributed by atoms with van der Waals surface area (Å²) in [5.74, 6) is 2.92. The summed E-state index contributed by atoms with van der Waals surface area (Å²) in [6, 6.07) is 8.21. The lowest BCUT2D eigenvalue weighted by molar-refractivity contribution is 0.344. The van der Waals surface area contributed by atoms with Crippen molar-refractivity contribution in [2.24, 2.45) is 5.73 Å². The molecule has 0 bridgehead atoms. The summed E-state index contributed by atoms with van der Waals surface area (Å²) >= 11 is 5.24. The van der Waals surface area contributed by atoms with Gasteiger partial charge in [0.25, 0.3) is 0 Å². The molecule has 90 valence electrons. The normalized spacial score (nSPS) is 12.4. The van der Waals surface area contributed by atoms with Crippen LogP contribution in [-0.2, 0) is 0 Å². The van der Waals surface area contributed by atoms with Crippen LogP contribution in [0.3, 0.4) is 0 Å². The van der Waals surface area contributed by atoms with Crippen molar-refractivity contribution in [3.63, 3.8) is 0 Å². The zero-order chi connectivity index (χ0) is 11.8.